The number of ether oxygens (including phenoxy) is 1. The van der Waals surface area contributed by atoms with Crippen molar-refractivity contribution in [1.82, 2.24) is 0 Å². The standard InChI is InChI=1S/C28H32N2O5S/c1-17(2)30(27(32)20-9-7-18(3)8-10-20)22-16-24(36-25(22)28(33)34-4)19-11-13-21(14-12-19)29-26(31)23-6-5-15-35-23/h5-6,11-18,20H,7-10H2,1-4H3,(H,29,31)/t18-,20-. The number of furan rings is 1. The van der Waals surface area contributed by atoms with Crippen LogP contribution in [0.1, 0.15) is 66.7 Å². The largest absolute Gasteiger partial charge is 0.465 e. The number of hydrogen-bond acceptors (Lipinski definition) is 6. The molecule has 1 N–H and O–H groups in total. The van der Waals surface area contributed by atoms with Gasteiger partial charge in [0.05, 0.1) is 19.1 Å². The minimum absolute atomic E-state index is 0.0329. The van der Waals surface area contributed by atoms with Gasteiger partial charge < -0.3 is 19.4 Å². The maximum Gasteiger partial charge on any atom is 0.350 e. The van der Waals surface area contributed by atoms with E-state index in [9.17, 15) is 14.4 Å². The van der Waals surface area contributed by atoms with Gasteiger partial charge in [0.15, 0.2) is 5.76 Å². The second-order valence-corrected chi connectivity index (χ2v) is 10.6. The fourth-order valence-corrected chi connectivity index (χ4v) is 5.69. The molecule has 0 bridgehead atoms. The maximum atomic E-state index is 13.6. The highest BCUT2D eigenvalue weighted by molar-refractivity contribution is 7.18. The number of carbonyl (C=O) groups is 3. The molecule has 0 unspecified atom stereocenters. The molecule has 0 aliphatic heterocycles. The van der Waals surface area contributed by atoms with E-state index in [-0.39, 0.29) is 29.5 Å². The van der Waals surface area contributed by atoms with Gasteiger partial charge in [-0.25, -0.2) is 4.79 Å². The molecular formula is C28H32N2O5S. The van der Waals surface area contributed by atoms with Crippen LogP contribution in [0.5, 0.6) is 0 Å². The predicted octanol–water partition coefficient (Wildman–Crippen LogP) is 6.61. The summed E-state index contributed by atoms with van der Waals surface area (Å²) in [5.41, 5.74) is 2.08. The van der Waals surface area contributed by atoms with E-state index in [0.717, 1.165) is 36.1 Å². The summed E-state index contributed by atoms with van der Waals surface area (Å²) < 4.78 is 10.2. The van der Waals surface area contributed by atoms with Crippen molar-refractivity contribution in [3.8, 4) is 10.4 Å². The van der Waals surface area contributed by atoms with Crippen LogP contribution >= 0.6 is 11.3 Å². The van der Waals surface area contributed by atoms with Crippen LogP contribution in [0.3, 0.4) is 0 Å². The van der Waals surface area contributed by atoms with Crippen molar-refractivity contribution >= 4 is 40.5 Å². The van der Waals surface area contributed by atoms with Crippen molar-refractivity contribution < 1.29 is 23.5 Å². The van der Waals surface area contributed by atoms with Crippen molar-refractivity contribution in [2.75, 3.05) is 17.3 Å². The highest BCUT2D eigenvalue weighted by Gasteiger charge is 2.33. The third kappa shape index (κ3) is 5.54. The summed E-state index contributed by atoms with van der Waals surface area (Å²) >= 11 is 1.30. The molecule has 1 aliphatic carbocycles. The van der Waals surface area contributed by atoms with Gasteiger partial charge in [0.1, 0.15) is 4.88 Å². The molecule has 1 aliphatic rings. The van der Waals surface area contributed by atoms with E-state index in [1.807, 2.05) is 32.0 Å². The van der Waals surface area contributed by atoms with Crippen molar-refractivity contribution in [2.24, 2.45) is 11.8 Å². The van der Waals surface area contributed by atoms with Crippen molar-refractivity contribution in [3.05, 3.63) is 59.4 Å². The molecule has 3 aromatic rings. The van der Waals surface area contributed by atoms with Gasteiger partial charge in [-0.05, 0) is 81.3 Å². The summed E-state index contributed by atoms with van der Waals surface area (Å²) in [5.74, 6) is 0.126. The molecule has 0 spiro atoms. The minimum atomic E-state index is -0.459. The van der Waals surface area contributed by atoms with E-state index < -0.39 is 5.97 Å². The summed E-state index contributed by atoms with van der Waals surface area (Å²) in [5, 5.41) is 2.80. The summed E-state index contributed by atoms with van der Waals surface area (Å²) in [4.78, 5) is 41.6. The first-order valence-electron chi connectivity index (χ1n) is 12.3. The Morgan fingerprint density at radius 3 is 2.36 bits per heavy atom. The predicted molar refractivity (Wildman–Crippen MR) is 141 cm³/mol. The third-order valence-electron chi connectivity index (χ3n) is 6.63. The fourth-order valence-electron chi connectivity index (χ4n) is 4.61. The van der Waals surface area contributed by atoms with Gasteiger partial charge in [0.25, 0.3) is 5.91 Å². The number of methoxy groups -OCH3 is 1. The number of amides is 2. The number of esters is 1. The molecule has 0 radical (unpaired) electrons. The molecule has 1 aromatic carbocycles. The van der Waals surface area contributed by atoms with Crippen molar-refractivity contribution in [3.63, 3.8) is 0 Å². The number of nitrogens with zero attached hydrogens (tertiary/aromatic N) is 1. The Hall–Kier alpha value is -3.39. The van der Waals surface area contributed by atoms with Crippen LogP contribution in [0.4, 0.5) is 11.4 Å². The van der Waals surface area contributed by atoms with Crippen molar-refractivity contribution in [2.45, 2.75) is 52.5 Å². The van der Waals surface area contributed by atoms with Crippen LogP contribution in [0.2, 0.25) is 0 Å². The lowest BCUT2D eigenvalue weighted by Crippen LogP contribution is -2.42. The SMILES string of the molecule is COC(=O)c1sc(-c2ccc(NC(=O)c3ccco3)cc2)cc1N(C(=O)[C@H]1CC[C@H](C)CC1)C(C)C. The monoisotopic (exact) mass is 508 g/mol. The summed E-state index contributed by atoms with van der Waals surface area (Å²) in [6, 6.07) is 12.4. The first-order valence-corrected chi connectivity index (χ1v) is 13.1. The van der Waals surface area contributed by atoms with E-state index in [2.05, 4.69) is 12.2 Å². The highest BCUT2D eigenvalue weighted by Crippen LogP contribution is 2.40. The number of carbonyl (C=O) groups excluding carboxylic acids is 3. The van der Waals surface area contributed by atoms with Gasteiger partial charge in [-0.1, -0.05) is 19.1 Å². The Morgan fingerprint density at radius 1 is 1.08 bits per heavy atom. The Morgan fingerprint density at radius 2 is 1.78 bits per heavy atom. The van der Waals surface area contributed by atoms with Crippen LogP contribution in [-0.4, -0.2) is 30.9 Å². The third-order valence-corrected chi connectivity index (χ3v) is 7.79. The number of rotatable bonds is 7. The Balaban J connectivity index is 1.61. The molecule has 36 heavy (non-hydrogen) atoms. The molecule has 2 amide bonds. The van der Waals surface area contributed by atoms with Crippen LogP contribution in [-0.2, 0) is 9.53 Å². The zero-order valence-corrected chi connectivity index (χ0v) is 21.9. The van der Waals surface area contributed by atoms with E-state index in [0.29, 0.717) is 22.2 Å². The molecule has 8 heteroatoms. The quantitative estimate of drug-likeness (QED) is 0.363. The van der Waals surface area contributed by atoms with Gasteiger partial charge in [0.2, 0.25) is 5.91 Å². The Bertz CT molecular complexity index is 1210. The summed E-state index contributed by atoms with van der Waals surface area (Å²) in [6.07, 6.45) is 5.29. The number of hydrogen-bond donors (Lipinski definition) is 1. The smallest absolute Gasteiger partial charge is 0.350 e. The number of nitrogens with one attached hydrogen (secondary N) is 1. The summed E-state index contributed by atoms with van der Waals surface area (Å²) in [7, 11) is 1.35. The van der Waals surface area contributed by atoms with Gasteiger partial charge in [-0.15, -0.1) is 11.3 Å². The fraction of sp³-hybridized carbons (Fsp3) is 0.393. The van der Waals surface area contributed by atoms with Gasteiger partial charge >= 0.3 is 5.97 Å². The zero-order chi connectivity index (χ0) is 25.8. The maximum absolute atomic E-state index is 13.6. The zero-order valence-electron chi connectivity index (χ0n) is 21.1. The molecule has 0 saturated heterocycles. The van der Waals surface area contributed by atoms with E-state index in [1.165, 1.54) is 24.7 Å². The number of anilines is 2. The normalized spacial score (nSPS) is 17.6. The van der Waals surface area contributed by atoms with Crippen LogP contribution < -0.4 is 10.2 Å². The molecular weight excluding hydrogens is 476 g/mol. The average Bonchev–Trinajstić information content (AvgIpc) is 3.55. The number of benzene rings is 1. The topological polar surface area (TPSA) is 88.8 Å². The minimum Gasteiger partial charge on any atom is -0.465 e. The number of thiophene rings is 1. The van der Waals surface area contributed by atoms with Crippen LogP contribution in [0.15, 0.2) is 53.1 Å². The van der Waals surface area contributed by atoms with Gasteiger partial charge in [0, 0.05) is 22.5 Å². The van der Waals surface area contributed by atoms with E-state index >= 15 is 0 Å². The van der Waals surface area contributed by atoms with Crippen LogP contribution in [0, 0.1) is 11.8 Å². The van der Waals surface area contributed by atoms with Gasteiger partial charge in [-0.2, -0.15) is 0 Å². The molecule has 190 valence electrons. The molecule has 2 aromatic heterocycles. The second-order valence-electron chi connectivity index (χ2n) is 9.58. The lowest BCUT2D eigenvalue weighted by molar-refractivity contribution is -0.123. The van der Waals surface area contributed by atoms with Crippen LogP contribution in [0.25, 0.3) is 10.4 Å². The lowest BCUT2D eigenvalue weighted by Gasteiger charge is -2.33. The molecule has 1 saturated carbocycles. The molecule has 2 heterocycles. The Kier molecular flexibility index (Phi) is 7.94. The molecule has 1 fully saturated rings. The highest BCUT2D eigenvalue weighted by atomic mass is 32.1. The summed E-state index contributed by atoms with van der Waals surface area (Å²) in [6.45, 7) is 6.17. The lowest BCUT2D eigenvalue weighted by atomic mass is 9.82. The second kappa shape index (κ2) is 11.1. The van der Waals surface area contributed by atoms with E-state index in [1.54, 1.807) is 29.2 Å². The average molecular weight is 509 g/mol. The molecule has 7 nitrogen and oxygen atoms in total. The molecule has 0 atom stereocenters. The molecule has 4 rings (SSSR count). The van der Waals surface area contributed by atoms with Gasteiger partial charge in [-0.3, -0.25) is 9.59 Å². The first-order chi connectivity index (χ1) is 17.3. The first kappa shape index (κ1) is 25.7. The van der Waals surface area contributed by atoms with E-state index in [4.69, 9.17) is 9.15 Å². The van der Waals surface area contributed by atoms with Crippen molar-refractivity contribution in [1.29, 1.82) is 0 Å². The Labute approximate surface area is 215 Å².